The molecule has 3 unspecified atom stereocenters. The molecule has 0 spiro atoms. The molecule has 1 fully saturated rings. The van der Waals surface area contributed by atoms with Crippen molar-refractivity contribution in [1.82, 2.24) is 9.55 Å². The monoisotopic (exact) mass is 305 g/mol. The molecule has 0 radical (unpaired) electrons. The molecule has 23 heavy (non-hydrogen) atoms. The number of furan rings is 1. The van der Waals surface area contributed by atoms with Crippen molar-refractivity contribution in [3.05, 3.63) is 54.2 Å². The van der Waals surface area contributed by atoms with Gasteiger partial charge in [0, 0.05) is 18.9 Å². The Balaban J connectivity index is 1.65. The van der Waals surface area contributed by atoms with Gasteiger partial charge in [-0.15, -0.1) is 0 Å². The topological polar surface area (TPSA) is 71.8 Å². The summed E-state index contributed by atoms with van der Waals surface area (Å²) in [6.45, 7) is 0. The number of hydrogen-bond acceptors (Lipinski definition) is 4. The van der Waals surface area contributed by atoms with Gasteiger partial charge in [-0.05, 0) is 30.7 Å². The molecule has 5 nitrogen and oxygen atoms in total. The van der Waals surface area contributed by atoms with Gasteiger partial charge in [-0.25, -0.2) is 4.98 Å². The zero-order valence-corrected chi connectivity index (χ0v) is 12.6. The fraction of sp³-hybridized carbons (Fsp3) is 0.278. The van der Waals surface area contributed by atoms with Crippen molar-refractivity contribution < 1.29 is 9.21 Å². The number of nitrogens with zero attached hydrogens (tertiary/aromatic N) is 3. The highest BCUT2D eigenvalue weighted by Gasteiger charge is 2.48. The van der Waals surface area contributed by atoms with Crippen LogP contribution < -0.4 is 0 Å². The largest absolute Gasteiger partial charge is 0.469 e. The minimum Gasteiger partial charge on any atom is -0.469 e. The second kappa shape index (κ2) is 5.10. The van der Waals surface area contributed by atoms with E-state index in [1.165, 1.54) is 0 Å². The number of para-hydroxylation sites is 2. The maximum atomic E-state index is 12.8. The van der Waals surface area contributed by atoms with Crippen LogP contribution in [0.3, 0.4) is 0 Å². The van der Waals surface area contributed by atoms with Gasteiger partial charge in [0.15, 0.2) is 11.7 Å². The van der Waals surface area contributed by atoms with Crippen LogP contribution in [-0.2, 0) is 11.8 Å². The predicted octanol–water partition coefficient (Wildman–Crippen LogP) is 3.15. The first kappa shape index (κ1) is 13.8. The summed E-state index contributed by atoms with van der Waals surface area (Å²) in [7, 11) is 1.85. The van der Waals surface area contributed by atoms with Crippen molar-refractivity contribution in [1.29, 1.82) is 5.26 Å². The SMILES string of the molecule is Cn1c(C(C#N)C(=O)C2CC2c2ccco2)nc2ccccc21. The van der Waals surface area contributed by atoms with Crippen LogP contribution in [0, 0.1) is 17.2 Å². The fourth-order valence-corrected chi connectivity index (χ4v) is 3.21. The van der Waals surface area contributed by atoms with Crippen molar-refractivity contribution in [2.24, 2.45) is 13.0 Å². The van der Waals surface area contributed by atoms with Crippen LogP contribution in [0.1, 0.15) is 29.8 Å². The zero-order chi connectivity index (χ0) is 16.0. The van der Waals surface area contributed by atoms with Gasteiger partial charge >= 0.3 is 0 Å². The van der Waals surface area contributed by atoms with Crippen molar-refractivity contribution in [2.45, 2.75) is 18.3 Å². The number of imidazole rings is 1. The number of Topliss-reactive ketones (excluding diaryl/α,β-unsaturated/α-hetero) is 1. The summed E-state index contributed by atoms with van der Waals surface area (Å²) in [6.07, 6.45) is 2.36. The van der Waals surface area contributed by atoms with Crippen LogP contribution in [0.2, 0.25) is 0 Å². The van der Waals surface area contributed by atoms with E-state index >= 15 is 0 Å². The summed E-state index contributed by atoms with van der Waals surface area (Å²) in [5.41, 5.74) is 1.73. The molecule has 1 saturated carbocycles. The quantitative estimate of drug-likeness (QED) is 0.742. The van der Waals surface area contributed by atoms with Crippen LogP contribution in [-0.4, -0.2) is 15.3 Å². The number of aryl methyl sites for hydroxylation is 1. The lowest BCUT2D eigenvalue weighted by Gasteiger charge is -2.08. The highest BCUT2D eigenvalue weighted by atomic mass is 16.3. The maximum Gasteiger partial charge on any atom is 0.163 e. The summed E-state index contributed by atoms with van der Waals surface area (Å²) in [6, 6.07) is 13.5. The van der Waals surface area contributed by atoms with Gasteiger partial charge in [0.2, 0.25) is 0 Å². The predicted molar refractivity (Wildman–Crippen MR) is 83.6 cm³/mol. The van der Waals surface area contributed by atoms with E-state index in [9.17, 15) is 10.1 Å². The molecule has 0 bridgehead atoms. The Morgan fingerprint density at radius 2 is 2.22 bits per heavy atom. The lowest BCUT2D eigenvalue weighted by molar-refractivity contribution is -0.120. The lowest BCUT2D eigenvalue weighted by atomic mass is 9.99. The van der Waals surface area contributed by atoms with Gasteiger partial charge < -0.3 is 8.98 Å². The fourth-order valence-electron chi connectivity index (χ4n) is 3.21. The van der Waals surface area contributed by atoms with E-state index in [1.807, 2.05) is 48.0 Å². The Hall–Kier alpha value is -2.87. The smallest absolute Gasteiger partial charge is 0.163 e. The first-order valence-corrected chi connectivity index (χ1v) is 7.59. The molecular weight excluding hydrogens is 290 g/mol. The van der Waals surface area contributed by atoms with Gasteiger partial charge in [0.05, 0.1) is 23.4 Å². The van der Waals surface area contributed by atoms with Crippen LogP contribution in [0.15, 0.2) is 47.1 Å². The van der Waals surface area contributed by atoms with Crippen molar-refractivity contribution in [3.63, 3.8) is 0 Å². The Bertz CT molecular complexity index is 918. The van der Waals surface area contributed by atoms with Crippen LogP contribution in [0.4, 0.5) is 0 Å². The third kappa shape index (κ3) is 2.15. The summed E-state index contributed by atoms with van der Waals surface area (Å²) in [5, 5.41) is 9.55. The molecule has 2 heterocycles. The number of carbonyl (C=O) groups excluding carboxylic acids is 1. The van der Waals surface area contributed by atoms with E-state index in [0.717, 1.165) is 23.2 Å². The number of fused-ring (bicyclic) bond motifs is 1. The maximum absolute atomic E-state index is 12.8. The first-order chi connectivity index (χ1) is 11.2. The van der Waals surface area contributed by atoms with Gasteiger partial charge in [-0.3, -0.25) is 4.79 Å². The molecule has 1 aliphatic rings. The first-order valence-electron chi connectivity index (χ1n) is 7.59. The molecule has 3 aromatic rings. The van der Waals surface area contributed by atoms with Crippen molar-refractivity contribution >= 4 is 16.8 Å². The summed E-state index contributed by atoms with van der Waals surface area (Å²) in [5.74, 6) is 0.396. The highest BCUT2D eigenvalue weighted by molar-refractivity contribution is 5.93. The highest BCUT2D eigenvalue weighted by Crippen LogP contribution is 2.50. The molecule has 0 saturated heterocycles. The molecule has 0 amide bonds. The Morgan fingerprint density at radius 1 is 1.39 bits per heavy atom. The van der Waals surface area contributed by atoms with Gasteiger partial charge in [-0.1, -0.05) is 12.1 Å². The van der Waals surface area contributed by atoms with E-state index in [2.05, 4.69) is 11.1 Å². The third-order valence-electron chi connectivity index (χ3n) is 4.56. The van der Waals surface area contributed by atoms with Crippen LogP contribution >= 0.6 is 0 Å². The summed E-state index contributed by atoms with van der Waals surface area (Å²) in [4.78, 5) is 17.3. The third-order valence-corrected chi connectivity index (χ3v) is 4.56. The molecule has 114 valence electrons. The Kier molecular flexibility index (Phi) is 3.05. The number of rotatable bonds is 4. The number of nitriles is 1. The van der Waals surface area contributed by atoms with Crippen LogP contribution in [0.5, 0.6) is 0 Å². The minimum absolute atomic E-state index is 0.0627. The van der Waals surface area contributed by atoms with Gasteiger partial charge in [0.1, 0.15) is 11.6 Å². The van der Waals surface area contributed by atoms with E-state index in [-0.39, 0.29) is 17.6 Å². The van der Waals surface area contributed by atoms with Gasteiger partial charge in [-0.2, -0.15) is 5.26 Å². The second-order valence-electron chi connectivity index (χ2n) is 5.95. The van der Waals surface area contributed by atoms with E-state index < -0.39 is 5.92 Å². The molecular formula is C18H15N3O2. The van der Waals surface area contributed by atoms with Crippen molar-refractivity contribution in [3.8, 4) is 6.07 Å². The zero-order valence-electron chi connectivity index (χ0n) is 12.6. The lowest BCUT2D eigenvalue weighted by Crippen LogP contribution is -2.17. The van der Waals surface area contributed by atoms with E-state index in [1.54, 1.807) is 6.26 Å². The number of benzene rings is 1. The molecule has 3 atom stereocenters. The molecule has 1 aliphatic carbocycles. The molecule has 1 aromatic carbocycles. The average Bonchev–Trinajstić information content (AvgIpc) is 3.04. The van der Waals surface area contributed by atoms with E-state index in [0.29, 0.717) is 5.82 Å². The van der Waals surface area contributed by atoms with Crippen LogP contribution in [0.25, 0.3) is 11.0 Å². The Morgan fingerprint density at radius 3 is 2.91 bits per heavy atom. The normalized spacial score (nSPS) is 21.0. The van der Waals surface area contributed by atoms with Crippen molar-refractivity contribution in [2.75, 3.05) is 0 Å². The number of carbonyl (C=O) groups is 1. The average molecular weight is 305 g/mol. The standard InChI is InChI=1S/C18H15N3O2/c1-21-15-6-3-2-5-14(15)20-18(21)13(10-19)17(22)12-9-11(12)16-7-4-8-23-16/h2-8,11-13H,9H2,1H3. The molecule has 5 heteroatoms. The number of ketones is 1. The number of aromatic nitrogens is 2. The molecule has 0 aliphatic heterocycles. The minimum atomic E-state index is -0.836. The Labute approximate surface area is 133 Å². The summed E-state index contributed by atoms with van der Waals surface area (Å²) < 4.78 is 7.21. The molecule has 0 N–H and O–H groups in total. The number of hydrogen-bond donors (Lipinski definition) is 0. The second-order valence-corrected chi connectivity index (χ2v) is 5.95. The summed E-state index contributed by atoms with van der Waals surface area (Å²) >= 11 is 0. The molecule has 2 aromatic heterocycles. The van der Waals surface area contributed by atoms with E-state index in [4.69, 9.17) is 4.42 Å². The van der Waals surface area contributed by atoms with Gasteiger partial charge in [0.25, 0.3) is 0 Å². The molecule has 4 rings (SSSR count).